The van der Waals surface area contributed by atoms with Crippen molar-refractivity contribution in [2.45, 2.75) is 26.3 Å². The van der Waals surface area contributed by atoms with E-state index in [9.17, 15) is 9.59 Å². The van der Waals surface area contributed by atoms with Crippen molar-refractivity contribution in [1.29, 1.82) is 0 Å². The molecular formula is C11H23N3O3. The molecule has 0 bridgehead atoms. The second-order valence-corrected chi connectivity index (χ2v) is 3.82. The molecule has 0 aliphatic rings. The molecule has 0 aromatic carbocycles. The monoisotopic (exact) mass is 245 g/mol. The summed E-state index contributed by atoms with van der Waals surface area (Å²) >= 11 is 0. The van der Waals surface area contributed by atoms with Gasteiger partial charge in [0.25, 0.3) is 0 Å². The first-order chi connectivity index (χ1) is 8.06. The molecule has 0 fully saturated rings. The highest BCUT2D eigenvalue weighted by Crippen LogP contribution is 2.03. The molecule has 17 heavy (non-hydrogen) atoms. The number of nitrogens with one attached hydrogen (secondary N) is 1. The summed E-state index contributed by atoms with van der Waals surface area (Å²) in [5.74, 6) is -0.438. The molecule has 1 unspecified atom stereocenters. The first-order valence-electron chi connectivity index (χ1n) is 5.81. The van der Waals surface area contributed by atoms with E-state index < -0.39 is 0 Å². The molecule has 3 N–H and O–H groups in total. The van der Waals surface area contributed by atoms with Crippen molar-refractivity contribution in [1.82, 2.24) is 10.2 Å². The van der Waals surface area contributed by atoms with Gasteiger partial charge in [0.05, 0.1) is 19.7 Å². The zero-order valence-electron chi connectivity index (χ0n) is 10.9. The minimum atomic E-state index is -0.325. The fraction of sp³-hybridized carbons (Fsp3) is 0.818. The Morgan fingerprint density at radius 2 is 2.12 bits per heavy atom. The highest BCUT2D eigenvalue weighted by molar-refractivity contribution is 5.85. The third-order valence-electron chi connectivity index (χ3n) is 2.60. The Morgan fingerprint density at radius 1 is 1.47 bits per heavy atom. The van der Waals surface area contributed by atoms with Gasteiger partial charge in [-0.15, -0.1) is 0 Å². The van der Waals surface area contributed by atoms with E-state index in [-0.39, 0.29) is 30.9 Å². The van der Waals surface area contributed by atoms with Gasteiger partial charge in [-0.1, -0.05) is 6.92 Å². The predicted octanol–water partition coefficient (Wildman–Crippen LogP) is -0.665. The summed E-state index contributed by atoms with van der Waals surface area (Å²) in [6, 6.07) is 0.132. The van der Waals surface area contributed by atoms with E-state index >= 15 is 0 Å². The van der Waals surface area contributed by atoms with Gasteiger partial charge >= 0.3 is 0 Å². The van der Waals surface area contributed by atoms with Crippen LogP contribution in [-0.4, -0.2) is 56.1 Å². The second-order valence-electron chi connectivity index (χ2n) is 3.82. The first-order valence-corrected chi connectivity index (χ1v) is 5.81. The largest absolute Gasteiger partial charge is 0.383 e. The average molecular weight is 245 g/mol. The summed E-state index contributed by atoms with van der Waals surface area (Å²) < 4.78 is 4.96. The maximum atomic E-state index is 11.9. The summed E-state index contributed by atoms with van der Waals surface area (Å²) in [6.07, 6.45) is 0.861. The molecule has 0 aromatic heterocycles. The number of amides is 2. The Labute approximate surface area is 102 Å². The molecule has 0 saturated carbocycles. The highest BCUT2D eigenvalue weighted by Gasteiger charge is 2.18. The molecule has 0 rings (SSSR count). The molecular weight excluding hydrogens is 222 g/mol. The number of nitrogens with zero attached hydrogens (tertiary/aromatic N) is 1. The van der Waals surface area contributed by atoms with Gasteiger partial charge in [-0.05, 0) is 13.3 Å². The van der Waals surface area contributed by atoms with Crippen LogP contribution >= 0.6 is 0 Å². The van der Waals surface area contributed by atoms with Crippen LogP contribution in [0.2, 0.25) is 0 Å². The summed E-state index contributed by atoms with van der Waals surface area (Å²) in [6.45, 7) is 4.89. The van der Waals surface area contributed by atoms with Crippen LogP contribution in [0.15, 0.2) is 0 Å². The summed E-state index contributed by atoms with van der Waals surface area (Å²) in [7, 11) is 1.59. The molecule has 0 radical (unpaired) electrons. The molecule has 0 aliphatic carbocycles. The van der Waals surface area contributed by atoms with E-state index in [1.165, 1.54) is 0 Å². The third-order valence-corrected chi connectivity index (χ3v) is 2.60. The zero-order chi connectivity index (χ0) is 13.3. The number of ether oxygens (including phenoxy) is 1. The number of carbonyl (C=O) groups is 2. The van der Waals surface area contributed by atoms with E-state index in [1.807, 2.05) is 13.8 Å². The molecule has 2 amide bonds. The van der Waals surface area contributed by atoms with Crippen molar-refractivity contribution < 1.29 is 14.3 Å². The quantitative estimate of drug-likeness (QED) is 0.594. The van der Waals surface area contributed by atoms with E-state index in [2.05, 4.69) is 5.32 Å². The Kier molecular flexibility index (Phi) is 8.35. The van der Waals surface area contributed by atoms with Gasteiger partial charge in [0, 0.05) is 19.7 Å². The van der Waals surface area contributed by atoms with Gasteiger partial charge in [-0.25, -0.2) is 0 Å². The predicted molar refractivity (Wildman–Crippen MR) is 65.4 cm³/mol. The fourth-order valence-corrected chi connectivity index (χ4v) is 1.35. The lowest BCUT2D eigenvalue weighted by Gasteiger charge is -2.28. The number of rotatable bonds is 8. The number of hydrogen-bond acceptors (Lipinski definition) is 4. The molecule has 6 heteroatoms. The van der Waals surface area contributed by atoms with E-state index in [0.29, 0.717) is 13.2 Å². The maximum absolute atomic E-state index is 11.9. The van der Waals surface area contributed by atoms with Crippen molar-refractivity contribution in [3.05, 3.63) is 0 Å². The number of hydrogen-bond donors (Lipinski definition) is 2. The zero-order valence-corrected chi connectivity index (χ0v) is 10.9. The number of methoxy groups -OCH3 is 1. The van der Waals surface area contributed by atoms with Crippen LogP contribution in [0.3, 0.4) is 0 Å². The molecule has 0 saturated heterocycles. The molecule has 0 aromatic rings. The summed E-state index contributed by atoms with van der Waals surface area (Å²) in [5.41, 5.74) is 5.14. The summed E-state index contributed by atoms with van der Waals surface area (Å²) in [5, 5.41) is 2.47. The van der Waals surface area contributed by atoms with Gasteiger partial charge in [0.1, 0.15) is 0 Å². The van der Waals surface area contributed by atoms with E-state index in [4.69, 9.17) is 10.5 Å². The molecule has 100 valence electrons. The van der Waals surface area contributed by atoms with Gasteiger partial charge in [0.2, 0.25) is 11.8 Å². The first kappa shape index (κ1) is 15.9. The minimum Gasteiger partial charge on any atom is -0.383 e. The Bertz CT molecular complexity index is 246. The Balaban J connectivity index is 4.26. The van der Waals surface area contributed by atoms with E-state index in [1.54, 1.807) is 12.0 Å². The average Bonchev–Trinajstić information content (AvgIpc) is 2.35. The van der Waals surface area contributed by atoms with Crippen LogP contribution in [0, 0.1) is 0 Å². The molecule has 0 spiro atoms. The summed E-state index contributed by atoms with van der Waals surface area (Å²) in [4.78, 5) is 24.6. The molecule has 1 atom stereocenters. The van der Waals surface area contributed by atoms with Crippen LogP contribution < -0.4 is 11.1 Å². The topological polar surface area (TPSA) is 84.7 Å². The highest BCUT2D eigenvalue weighted by atomic mass is 16.5. The second kappa shape index (κ2) is 8.95. The lowest BCUT2D eigenvalue weighted by atomic mass is 10.2. The third kappa shape index (κ3) is 6.23. The van der Waals surface area contributed by atoms with Crippen molar-refractivity contribution in [3.63, 3.8) is 0 Å². The van der Waals surface area contributed by atoms with Crippen LogP contribution in [-0.2, 0) is 14.3 Å². The fourth-order valence-electron chi connectivity index (χ4n) is 1.35. The molecule has 0 aliphatic heterocycles. The van der Waals surface area contributed by atoms with Crippen molar-refractivity contribution >= 4 is 11.8 Å². The Morgan fingerprint density at radius 3 is 2.59 bits per heavy atom. The number of carbonyl (C=O) groups excluding carboxylic acids is 2. The number of nitrogens with two attached hydrogens (primary N) is 1. The van der Waals surface area contributed by atoms with E-state index in [0.717, 1.165) is 6.42 Å². The normalized spacial score (nSPS) is 12.0. The lowest BCUT2D eigenvalue weighted by molar-refractivity contribution is -0.135. The van der Waals surface area contributed by atoms with Gasteiger partial charge in [-0.3, -0.25) is 9.59 Å². The minimum absolute atomic E-state index is 0.00983. The van der Waals surface area contributed by atoms with Crippen LogP contribution in [0.1, 0.15) is 20.3 Å². The van der Waals surface area contributed by atoms with Crippen molar-refractivity contribution in [2.24, 2.45) is 5.73 Å². The SMILES string of the molecule is CCC(C)N(CCOC)C(=O)CNC(=O)CN. The van der Waals surface area contributed by atoms with Crippen molar-refractivity contribution in [3.8, 4) is 0 Å². The van der Waals surface area contributed by atoms with Gasteiger partial charge in [0.15, 0.2) is 0 Å². The molecule has 0 heterocycles. The Hall–Kier alpha value is -1.14. The lowest BCUT2D eigenvalue weighted by Crippen LogP contribution is -2.46. The van der Waals surface area contributed by atoms with Gasteiger partial charge < -0.3 is 20.7 Å². The smallest absolute Gasteiger partial charge is 0.242 e. The molecule has 6 nitrogen and oxygen atoms in total. The maximum Gasteiger partial charge on any atom is 0.242 e. The van der Waals surface area contributed by atoms with Crippen LogP contribution in [0.4, 0.5) is 0 Å². The van der Waals surface area contributed by atoms with Gasteiger partial charge in [-0.2, -0.15) is 0 Å². The van der Waals surface area contributed by atoms with Crippen molar-refractivity contribution in [2.75, 3.05) is 33.4 Å². The standard InChI is InChI=1S/C11H23N3O3/c1-4-9(2)14(5-6-17-3)11(16)8-13-10(15)7-12/h9H,4-8,12H2,1-3H3,(H,13,15). The van der Waals surface area contributed by atoms with Crippen LogP contribution in [0.5, 0.6) is 0 Å². The van der Waals surface area contributed by atoms with Crippen LogP contribution in [0.25, 0.3) is 0 Å².